The number of hydrogen-bond acceptors (Lipinski definition) is 2. The summed E-state index contributed by atoms with van der Waals surface area (Å²) in [6.07, 6.45) is 3.84. The zero-order chi connectivity index (χ0) is 12.4. The van der Waals surface area contributed by atoms with Crippen molar-refractivity contribution in [2.24, 2.45) is 5.41 Å². The van der Waals surface area contributed by atoms with Gasteiger partial charge >= 0.3 is 0 Å². The van der Waals surface area contributed by atoms with Crippen LogP contribution in [-0.4, -0.2) is 25.6 Å². The fourth-order valence-corrected chi connectivity index (χ4v) is 4.81. The Balaban J connectivity index is 2.71. The number of hydrogen-bond donors (Lipinski definition) is 1. The number of alkyl halides is 1. The van der Waals surface area contributed by atoms with E-state index in [-0.39, 0.29) is 16.7 Å². The lowest BCUT2D eigenvalue weighted by molar-refractivity contribution is 0.415. The van der Waals surface area contributed by atoms with E-state index >= 15 is 0 Å². The molecule has 16 heavy (non-hydrogen) atoms. The first-order chi connectivity index (χ1) is 7.18. The molecule has 1 aliphatic rings. The monoisotopic (exact) mass is 267 g/mol. The molecule has 0 atom stereocenters. The molecular formula is C11H22ClNO2S. The summed E-state index contributed by atoms with van der Waals surface area (Å²) in [5.74, 6) is 0.523. The molecule has 0 amide bonds. The van der Waals surface area contributed by atoms with Crippen LogP contribution in [-0.2, 0) is 10.0 Å². The first-order valence-electron chi connectivity index (χ1n) is 5.76. The Kier molecular flexibility index (Phi) is 4.30. The molecule has 3 nitrogen and oxygen atoms in total. The van der Waals surface area contributed by atoms with E-state index in [1.165, 1.54) is 0 Å². The zero-order valence-corrected chi connectivity index (χ0v) is 11.9. The van der Waals surface area contributed by atoms with Crippen LogP contribution in [0.2, 0.25) is 0 Å². The smallest absolute Gasteiger partial charge is 0.212 e. The minimum atomic E-state index is -3.23. The highest BCUT2D eigenvalue weighted by molar-refractivity contribution is 7.89. The van der Waals surface area contributed by atoms with Gasteiger partial charge in [0.15, 0.2) is 0 Å². The van der Waals surface area contributed by atoms with Gasteiger partial charge in [0.2, 0.25) is 10.0 Å². The van der Waals surface area contributed by atoms with E-state index < -0.39 is 10.0 Å². The Hall–Kier alpha value is 0.200. The third kappa shape index (κ3) is 4.22. The van der Waals surface area contributed by atoms with Gasteiger partial charge in [-0.2, -0.15) is 0 Å². The molecule has 1 fully saturated rings. The third-order valence-electron chi connectivity index (χ3n) is 2.81. The molecule has 0 unspecified atom stereocenters. The lowest BCUT2D eigenvalue weighted by atomic mass is 10.0. The molecule has 5 heteroatoms. The standard InChI is InChI=1S/C11H22ClNO2S/c1-10(2,3)9-16(14,15)13-11(8-12)6-4-5-7-11/h13H,4-9H2,1-3H3. The Morgan fingerprint density at radius 1 is 1.25 bits per heavy atom. The zero-order valence-electron chi connectivity index (χ0n) is 10.3. The Bertz CT molecular complexity index is 326. The molecule has 0 heterocycles. The molecule has 1 N–H and O–H groups in total. The van der Waals surface area contributed by atoms with Crippen LogP contribution in [0.15, 0.2) is 0 Å². The molecule has 0 aromatic heterocycles. The van der Waals surface area contributed by atoms with Gasteiger partial charge in [-0.1, -0.05) is 33.6 Å². The van der Waals surface area contributed by atoms with Crippen molar-refractivity contribution in [3.8, 4) is 0 Å². The van der Waals surface area contributed by atoms with Gasteiger partial charge in [0, 0.05) is 11.4 Å². The average Bonchev–Trinajstić information content (AvgIpc) is 2.48. The second-order valence-electron chi connectivity index (χ2n) is 6.04. The summed E-state index contributed by atoms with van der Waals surface area (Å²) >= 11 is 5.91. The molecule has 0 aromatic carbocycles. The number of halogens is 1. The highest BCUT2D eigenvalue weighted by atomic mass is 35.5. The molecule has 1 aliphatic carbocycles. The third-order valence-corrected chi connectivity index (χ3v) is 5.31. The summed E-state index contributed by atoms with van der Waals surface area (Å²) in [5, 5.41) is 0. The first kappa shape index (κ1) is 14.3. The van der Waals surface area contributed by atoms with E-state index in [0.29, 0.717) is 5.88 Å². The molecule has 1 saturated carbocycles. The average molecular weight is 268 g/mol. The van der Waals surface area contributed by atoms with Crippen LogP contribution in [0.4, 0.5) is 0 Å². The highest BCUT2D eigenvalue weighted by Crippen LogP contribution is 2.32. The van der Waals surface area contributed by atoms with Crippen LogP contribution in [0, 0.1) is 5.41 Å². The quantitative estimate of drug-likeness (QED) is 0.796. The second kappa shape index (κ2) is 4.83. The predicted molar refractivity (Wildman–Crippen MR) is 68.3 cm³/mol. The van der Waals surface area contributed by atoms with Gasteiger partial charge in [-0.15, -0.1) is 11.6 Å². The Morgan fingerprint density at radius 3 is 2.12 bits per heavy atom. The fraction of sp³-hybridized carbons (Fsp3) is 1.00. The maximum atomic E-state index is 12.0. The largest absolute Gasteiger partial charge is 0.212 e. The summed E-state index contributed by atoms with van der Waals surface area (Å²) < 4.78 is 26.8. The van der Waals surface area contributed by atoms with Crippen molar-refractivity contribution in [3.63, 3.8) is 0 Å². The molecule has 96 valence electrons. The lowest BCUT2D eigenvalue weighted by Gasteiger charge is -2.29. The van der Waals surface area contributed by atoms with E-state index in [4.69, 9.17) is 11.6 Å². The van der Waals surface area contributed by atoms with Crippen molar-refractivity contribution in [1.29, 1.82) is 0 Å². The van der Waals surface area contributed by atoms with Crippen molar-refractivity contribution in [2.75, 3.05) is 11.6 Å². The Morgan fingerprint density at radius 2 is 1.75 bits per heavy atom. The molecule has 0 saturated heterocycles. The lowest BCUT2D eigenvalue weighted by Crippen LogP contribution is -2.49. The summed E-state index contributed by atoms with van der Waals surface area (Å²) in [6.45, 7) is 5.77. The summed E-state index contributed by atoms with van der Waals surface area (Å²) in [7, 11) is -3.23. The number of sulfonamides is 1. The van der Waals surface area contributed by atoms with Crippen molar-refractivity contribution in [1.82, 2.24) is 4.72 Å². The van der Waals surface area contributed by atoms with Crippen LogP contribution < -0.4 is 4.72 Å². The molecule has 0 radical (unpaired) electrons. The normalized spacial score (nSPS) is 21.2. The van der Waals surface area contributed by atoms with Gasteiger partial charge in [0.1, 0.15) is 0 Å². The Labute approximate surface area is 104 Å². The van der Waals surface area contributed by atoms with Crippen molar-refractivity contribution >= 4 is 21.6 Å². The number of nitrogens with one attached hydrogen (secondary N) is 1. The summed E-state index contributed by atoms with van der Waals surface area (Å²) in [6, 6.07) is 0. The van der Waals surface area contributed by atoms with Gasteiger partial charge in [0.05, 0.1) is 5.75 Å². The van der Waals surface area contributed by atoms with E-state index in [1.54, 1.807) is 0 Å². The molecule has 0 spiro atoms. The minimum Gasteiger partial charge on any atom is -0.212 e. The van der Waals surface area contributed by atoms with Gasteiger partial charge in [-0.25, -0.2) is 13.1 Å². The SMILES string of the molecule is CC(C)(C)CS(=O)(=O)NC1(CCl)CCCC1. The van der Waals surface area contributed by atoms with E-state index in [0.717, 1.165) is 25.7 Å². The maximum absolute atomic E-state index is 12.0. The molecular weight excluding hydrogens is 246 g/mol. The van der Waals surface area contributed by atoms with Crippen molar-refractivity contribution < 1.29 is 8.42 Å². The van der Waals surface area contributed by atoms with E-state index in [1.807, 2.05) is 20.8 Å². The van der Waals surface area contributed by atoms with E-state index in [9.17, 15) is 8.42 Å². The van der Waals surface area contributed by atoms with Gasteiger partial charge in [-0.05, 0) is 18.3 Å². The summed E-state index contributed by atoms with van der Waals surface area (Å²) in [5.41, 5.74) is -0.608. The van der Waals surface area contributed by atoms with Gasteiger partial charge < -0.3 is 0 Å². The predicted octanol–water partition coefficient (Wildman–Crippen LogP) is 2.50. The van der Waals surface area contributed by atoms with Gasteiger partial charge in [0.25, 0.3) is 0 Å². The fourth-order valence-electron chi connectivity index (χ4n) is 2.25. The molecule has 0 aromatic rings. The second-order valence-corrected chi connectivity index (χ2v) is 8.03. The maximum Gasteiger partial charge on any atom is 0.212 e. The van der Waals surface area contributed by atoms with Crippen molar-refractivity contribution in [3.05, 3.63) is 0 Å². The first-order valence-corrected chi connectivity index (χ1v) is 7.94. The van der Waals surface area contributed by atoms with Crippen molar-refractivity contribution in [2.45, 2.75) is 52.0 Å². The van der Waals surface area contributed by atoms with Crippen LogP contribution in [0.5, 0.6) is 0 Å². The molecule has 0 aliphatic heterocycles. The molecule has 0 bridgehead atoms. The van der Waals surface area contributed by atoms with Crippen LogP contribution in [0.1, 0.15) is 46.5 Å². The molecule has 1 rings (SSSR count). The number of rotatable bonds is 4. The van der Waals surface area contributed by atoms with Crippen LogP contribution in [0.3, 0.4) is 0 Å². The topological polar surface area (TPSA) is 46.2 Å². The van der Waals surface area contributed by atoms with Gasteiger partial charge in [-0.3, -0.25) is 0 Å². The van der Waals surface area contributed by atoms with Crippen LogP contribution in [0.25, 0.3) is 0 Å². The minimum absolute atomic E-state index is 0.151. The summed E-state index contributed by atoms with van der Waals surface area (Å²) in [4.78, 5) is 0. The highest BCUT2D eigenvalue weighted by Gasteiger charge is 2.37. The van der Waals surface area contributed by atoms with Crippen LogP contribution >= 0.6 is 11.6 Å². The van der Waals surface area contributed by atoms with E-state index in [2.05, 4.69) is 4.72 Å².